The van der Waals surface area contributed by atoms with Gasteiger partial charge in [-0.25, -0.2) is 4.79 Å². The minimum Gasteiger partial charge on any atom is -0.444 e. The summed E-state index contributed by atoms with van der Waals surface area (Å²) in [5, 5.41) is 2.74. The van der Waals surface area contributed by atoms with Gasteiger partial charge in [0.05, 0.1) is 5.69 Å². The van der Waals surface area contributed by atoms with Gasteiger partial charge in [-0.2, -0.15) is 0 Å². The van der Waals surface area contributed by atoms with Crippen LogP contribution < -0.4 is 5.32 Å². The monoisotopic (exact) mass is 412 g/mol. The Labute approximate surface area is 157 Å². The van der Waals surface area contributed by atoms with Crippen molar-refractivity contribution in [2.75, 3.05) is 18.9 Å². The van der Waals surface area contributed by atoms with Gasteiger partial charge in [-0.05, 0) is 39.0 Å². The van der Waals surface area contributed by atoms with Gasteiger partial charge in [-0.3, -0.25) is 9.59 Å². The number of ketones is 1. The van der Waals surface area contributed by atoms with Crippen LogP contribution in [-0.2, 0) is 9.53 Å². The number of carbonyl (C=O) groups excluding carboxylic acids is 3. The molecule has 1 aromatic carbocycles. The van der Waals surface area contributed by atoms with E-state index in [9.17, 15) is 14.4 Å². The fourth-order valence-electron chi connectivity index (χ4n) is 1.97. The second-order valence-electron chi connectivity index (χ2n) is 6.67. The molecule has 0 atom stereocenters. The molecule has 0 aliphatic carbocycles. The van der Waals surface area contributed by atoms with Crippen molar-refractivity contribution < 1.29 is 19.1 Å². The molecule has 7 heteroatoms. The Balaban J connectivity index is 2.67. The number of carbonyl (C=O) groups is 3. The zero-order valence-corrected chi connectivity index (χ0v) is 16.9. The molecular weight excluding hydrogens is 388 g/mol. The summed E-state index contributed by atoms with van der Waals surface area (Å²) in [4.78, 5) is 37.4. The highest BCUT2D eigenvalue weighted by atomic mass is 79.9. The maximum Gasteiger partial charge on any atom is 0.410 e. The van der Waals surface area contributed by atoms with E-state index >= 15 is 0 Å². The number of rotatable bonds is 6. The molecule has 0 heterocycles. The van der Waals surface area contributed by atoms with E-state index in [1.165, 1.54) is 4.90 Å². The van der Waals surface area contributed by atoms with E-state index in [2.05, 4.69) is 21.2 Å². The normalized spacial score (nSPS) is 11.0. The molecule has 2 amide bonds. The number of hydrogen-bond acceptors (Lipinski definition) is 4. The summed E-state index contributed by atoms with van der Waals surface area (Å²) >= 11 is 3.33. The number of amides is 2. The van der Waals surface area contributed by atoms with Crippen LogP contribution in [-0.4, -0.2) is 41.9 Å². The first-order valence-electron chi connectivity index (χ1n) is 8.10. The van der Waals surface area contributed by atoms with Crippen LogP contribution in [0, 0.1) is 0 Å². The van der Waals surface area contributed by atoms with Crippen molar-refractivity contribution in [2.45, 2.75) is 46.1 Å². The van der Waals surface area contributed by atoms with Gasteiger partial charge in [-0.1, -0.05) is 22.9 Å². The summed E-state index contributed by atoms with van der Waals surface area (Å²) in [5.74, 6) is -0.327. The Bertz CT molecular complexity index is 653. The molecule has 25 heavy (non-hydrogen) atoms. The molecule has 0 fully saturated rings. The first-order chi connectivity index (χ1) is 11.5. The maximum atomic E-state index is 12.2. The number of halogens is 1. The van der Waals surface area contributed by atoms with Crippen LogP contribution in [0.25, 0.3) is 0 Å². The number of nitrogens with zero attached hydrogens (tertiary/aromatic N) is 1. The zero-order chi connectivity index (χ0) is 19.2. The highest BCUT2D eigenvalue weighted by molar-refractivity contribution is 9.10. The van der Waals surface area contributed by atoms with Crippen molar-refractivity contribution in [3.8, 4) is 0 Å². The molecule has 0 saturated carbocycles. The lowest BCUT2D eigenvalue weighted by Crippen LogP contribution is -2.35. The lowest BCUT2D eigenvalue weighted by molar-refractivity contribution is -0.116. The summed E-state index contributed by atoms with van der Waals surface area (Å²) in [6.07, 6.45) is -0.0296. The maximum absolute atomic E-state index is 12.2. The third-order valence-electron chi connectivity index (χ3n) is 3.26. The van der Waals surface area contributed by atoms with Gasteiger partial charge in [0.1, 0.15) is 5.60 Å². The standard InChI is InChI=1S/C18H25BrN2O4/c1-6-15(22)13-8-7-12(19)11-14(13)20-16(23)9-10-21(5)17(24)25-18(2,3)4/h7-8,11H,6,9-10H2,1-5H3,(H,20,23). The third kappa shape index (κ3) is 7.25. The van der Waals surface area contributed by atoms with Crippen molar-refractivity contribution >= 4 is 39.4 Å². The Kier molecular flexibility index (Phi) is 7.60. The average Bonchev–Trinajstić information content (AvgIpc) is 2.50. The summed E-state index contributed by atoms with van der Waals surface area (Å²) in [6.45, 7) is 7.33. The number of ether oxygens (including phenoxy) is 1. The smallest absolute Gasteiger partial charge is 0.410 e. The van der Waals surface area contributed by atoms with Crippen LogP contribution >= 0.6 is 15.9 Å². The summed E-state index contributed by atoms with van der Waals surface area (Å²) in [5.41, 5.74) is 0.352. The second-order valence-corrected chi connectivity index (χ2v) is 7.58. The summed E-state index contributed by atoms with van der Waals surface area (Å²) in [6, 6.07) is 5.13. The largest absolute Gasteiger partial charge is 0.444 e. The van der Waals surface area contributed by atoms with E-state index in [-0.39, 0.29) is 24.7 Å². The van der Waals surface area contributed by atoms with Gasteiger partial charge < -0.3 is 15.0 Å². The van der Waals surface area contributed by atoms with E-state index in [0.29, 0.717) is 17.7 Å². The lowest BCUT2D eigenvalue weighted by atomic mass is 10.1. The zero-order valence-electron chi connectivity index (χ0n) is 15.3. The third-order valence-corrected chi connectivity index (χ3v) is 3.75. The van der Waals surface area contributed by atoms with Crippen LogP contribution in [0.15, 0.2) is 22.7 Å². The Hall–Kier alpha value is -1.89. The summed E-state index contributed by atoms with van der Waals surface area (Å²) < 4.78 is 6.00. The molecule has 0 aromatic heterocycles. The highest BCUT2D eigenvalue weighted by Gasteiger charge is 2.20. The molecule has 0 bridgehead atoms. The van der Waals surface area contributed by atoms with Crippen LogP contribution in [0.2, 0.25) is 0 Å². The van der Waals surface area contributed by atoms with Crippen molar-refractivity contribution in [3.63, 3.8) is 0 Å². The molecule has 0 aliphatic heterocycles. The molecule has 1 N–H and O–H groups in total. The molecule has 0 aliphatic rings. The average molecular weight is 413 g/mol. The van der Waals surface area contributed by atoms with Gasteiger partial charge in [0.2, 0.25) is 5.91 Å². The SMILES string of the molecule is CCC(=O)c1ccc(Br)cc1NC(=O)CCN(C)C(=O)OC(C)(C)C. The van der Waals surface area contributed by atoms with Crippen LogP contribution in [0.4, 0.5) is 10.5 Å². The first-order valence-corrected chi connectivity index (χ1v) is 8.89. The van der Waals surface area contributed by atoms with Crippen molar-refractivity contribution in [1.82, 2.24) is 4.90 Å². The van der Waals surface area contributed by atoms with Gasteiger partial charge in [-0.15, -0.1) is 0 Å². The highest BCUT2D eigenvalue weighted by Crippen LogP contribution is 2.23. The number of anilines is 1. The number of benzene rings is 1. The number of nitrogens with one attached hydrogen (secondary N) is 1. The van der Waals surface area contributed by atoms with Crippen molar-refractivity contribution in [2.24, 2.45) is 0 Å². The first kappa shape index (κ1) is 21.2. The molecule has 6 nitrogen and oxygen atoms in total. The Morgan fingerprint density at radius 3 is 2.44 bits per heavy atom. The fourth-order valence-corrected chi connectivity index (χ4v) is 2.33. The minimum atomic E-state index is -0.584. The number of Topliss-reactive ketones (excluding diaryl/α,β-unsaturated/α-hetero) is 1. The van der Waals surface area contributed by atoms with Crippen LogP contribution in [0.1, 0.15) is 50.9 Å². The van der Waals surface area contributed by atoms with Gasteiger partial charge in [0.25, 0.3) is 0 Å². The predicted molar refractivity (Wildman–Crippen MR) is 101 cm³/mol. The predicted octanol–water partition coefficient (Wildman–Crippen LogP) is 4.24. The quantitative estimate of drug-likeness (QED) is 0.708. The molecule has 0 radical (unpaired) electrons. The Morgan fingerprint density at radius 2 is 1.88 bits per heavy atom. The van der Waals surface area contributed by atoms with Gasteiger partial charge in [0, 0.05) is 36.5 Å². The van der Waals surface area contributed by atoms with E-state index in [1.54, 1.807) is 52.9 Å². The van der Waals surface area contributed by atoms with E-state index < -0.39 is 11.7 Å². The van der Waals surface area contributed by atoms with E-state index in [0.717, 1.165) is 4.47 Å². The summed E-state index contributed by atoms with van der Waals surface area (Å²) in [7, 11) is 1.58. The Morgan fingerprint density at radius 1 is 1.24 bits per heavy atom. The van der Waals surface area contributed by atoms with Crippen LogP contribution in [0.5, 0.6) is 0 Å². The fraction of sp³-hybridized carbons (Fsp3) is 0.500. The van der Waals surface area contributed by atoms with Crippen molar-refractivity contribution in [3.05, 3.63) is 28.2 Å². The minimum absolute atomic E-state index is 0.0475. The van der Waals surface area contributed by atoms with Gasteiger partial charge in [0.15, 0.2) is 5.78 Å². The molecule has 1 rings (SSSR count). The molecule has 0 spiro atoms. The lowest BCUT2D eigenvalue weighted by Gasteiger charge is -2.24. The topological polar surface area (TPSA) is 75.7 Å². The molecule has 138 valence electrons. The van der Waals surface area contributed by atoms with Gasteiger partial charge >= 0.3 is 6.09 Å². The molecule has 0 unspecified atom stereocenters. The molecule has 1 aromatic rings. The second kappa shape index (κ2) is 8.99. The molecular formula is C18H25BrN2O4. The van der Waals surface area contributed by atoms with E-state index in [4.69, 9.17) is 4.74 Å². The molecule has 0 saturated heterocycles. The van der Waals surface area contributed by atoms with Crippen molar-refractivity contribution in [1.29, 1.82) is 0 Å². The number of hydrogen-bond donors (Lipinski definition) is 1. The van der Waals surface area contributed by atoms with E-state index in [1.807, 2.05) is 0 Å². The van der Waals surface area contributed by atoms with Crippen LogP contribution in [0.3, 0.4) is 0 Å².